The molecule has 0 aliphatic rings. The van der Waals surface area contributed by atoms with E-state index in [2.05, 4.69) is 9.97 Å². The third kappa shape index (κ3) is 3.60. The van der Waals surface area contributed by atoms with Crippen molar-refractivity contribution < 1.29 is 18.7 Å². The molecule has 3 rings (SSSR count). The number of halogens is 1. The number of hydrogen-bond donors (Lipinski definition) is 0. The lowest BCUT2D eigenvalue weighted by Crippen LogP contribution is -2.12. The highest BCUT2D eigenvalue weighted by Crippen LogP contribution is 2.24. The Balaban J connectivity index is 1.76. The molecule has 6 heteroatoms. The number of ether oxygens (including phenoxy) is 2. The fourth-order valence-corrected chi connectivity index (χ4v) is 1.97. The molecular formula is C17H13FN2O3. The smallest absolute Gasteiger partial charge is 0.238 e. The number of aldehydes is 1. The summed E-state index contributed by atoms with van der Waals surface area (Å²) >= 11 is 0. The summed E-state index contributed by atoms with van der Waals surface area (Å²) < 4.78 is 24.1. The van der Waals surface area contributed by atoms with Gasteiger partial charge >= 0.3 is 0 Å². The first kappa shape index (κ1) is 14.9. The predicted molar refractivity (Wildman–Crippen MR) is 82.2 cm³/mol. The number of carbonyl (C=O) groups excluding carboxylic acids is 1. The van der Waals surface area contributed by atoms with Gasteiger partial charge in [-0.05, 0) is 43.3 Å². The maximum Gasteiger partial charge on any atom is 0.238 e. The van der Waals surface area contributed by atoms with Crippen LogP contribution in [0.2, 0.25) is 0 Å². The van der Waals surface area contributed by atoms with Crippen LogP contribution in [0.4, 0.5) is 4.39 Å². The highest BCUT2D eigenvalue weighted by atomic mass is 19.1. The van der Waals surface area contributed by atoms with E-state index in [0.29, 0.717) is 28.4 Å². The van der Waals surface area contributed by atoms with Crippen LogP contribution in [-0.2, 0) is 4.79 Å². The minimum Gasteiger partial charge on any atom is -0.483 e. The van der Waals surface area contributed by atoms with E-state index in [-0.39, 0.29) is 5.82 Å². The van der Waals surface area contributed by atoms with Gasteiger partial charge in [0, 0.05) is 6.07 Å². The van der Waals surface area contributed by atoms with Crippen molar-refractivity contribution in [3.05, 3.63) is 54.5 Å². The first-order chi connectivity index (χ1) is 11.1. The molecule has 0 bridgehead atoms. The highest BCUT2D eigenvalue weighted by molar-refractivity contribution is 5.74. The number of hydrogen-bond acceptors (Lipinski definition) is 5. The standard InChI is InChI=1S/C17H13FN2O3/c1-11(10-21)22-13-3-5-14(6-4-13)23-17-9-19-16-8-12(18)2-7-15(16)20-17/h2-11H,1H3. The van der Waals surface area contributed by atoms with E-state index >= 15 is 0 Å². The Labute approximate surface area is 131 Å². The molecule has 0 spiro atoms. The van der Waals surface area contributed by atoms with Crippen molar-refractivity contribution in [1.29, 1.82) is 0 Å². The second-order valence-corrected chi connectivity index (χ2v) is 4.87. The van der Waals surface area contributed by atoms with E-state index in [1.807, 2.05) is 0 Å². The Bertz CT molecular complexity index is 837. The Hall–Kier alpha value is -3.02. The van der Waals surface area contributed by atoms with Gasteiger partial charge in [0.1, 0.15) is 17.3 Å². The number of benzene rings is 2. The largest absolute Gasteiger partial charge is 0.483 e. The zero-order valence-electron chi connectivity index (χ0n) is 12.3. The molecule has 3 aromatic rings. The molecule has 1 unspecified atom stereocenters. The summed E-state index contributed by atoms with van der Waals surface area (Å²) in [7, 11) is 0. The SMILES string of the molecule is CC(C=O)Oc1ccc(Oc2cnc3cc(F)ccc3n2)cc1. The topological polar surface area (TPSA) is 61.3 Å². The first-order valence-corrected chi connectivity index (χ1v) is 6.96. The number of carbonyl (C=O) groups is 1. The zero-order valence-corrected chi connectivity index (χ0v) is 12.3. The third-order valence-electron chi connectivity index (χ3n) is 3.04. The Morgan fingerprint density at radius 3 is 2.57 bits per heavy atom. The van der Waals surface area contributed by atoms with Gasteiger partial charge in [-0.2, -0.15) is 0 Å². The fraction of sp³-hybridized carbons (Fsp3) is 0.118. The molecule has 1 heterocycles. The lowest BCUT2D eigenvalue weighted by molar-refractivity contribution is -0.113. The van der Waals surface area contributed by atoms with E-state index in [1.54, 1.807) is 37.3 Å². The summed E-state index contributed by atoms with van der Waals surface area (Å²) in [6.07, 6.45) is 1.65. The molecule has 0 saturated carbocycles. The van der Waals surface area contributed by atoms with Crippen LogP contribution < -0.4 is 9.47 Å². The molecular weight excluding hydrogens is 299 g/mol. The second-order valence-electron chi connectivity index (χ2n) is 4.87. The quantitative estimate of drug-likeness (QED) is 0.674. The number of fused-ring (bicyclic) bond motifs is 1. The van der Waals surface area contributed by atoms with Crippen LogP contribution in [0, 0.1) is 5.82 Å². The summed E-state index contributed by atoms with van der Waals surface area (Å²) in [6.45, 7) is 1.66. The molecule has 0 aliphatic heterocycles. The van der Waals surface area contributed by atoms with Crippen molar-refractivity contribution in [2.45, 2.75) is 13.0 Å². The van der Waals surface area contributed by atoms with E-state index in [9.17, 15) is 9.18 Å². The molecule has 23 heavy (non-hydrogen) atoms. The van der Waals surface area contributed by atoms with E-state index in [4.69, 9.17) is 9.47 Å². The molecule has 1 aromatic heterocycles. The van der Waals surface area contributed by atoms with Crippen molar-refractivity contribution in [1.82, 2.24) is 9.97 Å². The van der Waals surface area contributed by atoms with Crippen molar-refractivity contribution >= 4 is 17.3 Å². The van der Waals surface area contributed by atoms with Gasteiger partial charge in [-0.3, -0.25) is 4.79 Å². The van der Waals surface area contributed by atoms with Crippen LogP contribution >= 0.6 is 0 Å². The summed E-state index contributed by atoms with van der Waals surface area (Å²) in [5, 5.41) is 0. The summed E-state index contributed by atoms with van der Waals surface area (Å²) in [4.78, 5) is 18.9. The lowest BCUT2D eigenvalue weighted by atomic mass is 10.3. The monoisotopic (exact) mass is 312 g/mol. The van der Waals surface area contributed by atoms with Gasteiger partial charge in [0.25, 0.3) is 0 Å². The van der Waals surface area contributed by atoms with Gasteiger partial charge in [-0.25, -0.2) is 14.4 Å². The van der Waals surface area contributed by atoms with Crippen molar-refractivity contribution in [3.8, 4) is 17.4 Å². The van der Waals surface area contributed by atoms with E-state index in [0.717, 1.165) is 6.29 Å². The van der Waals surface area contributed by atoms with Crippen molar-refractivity contribution in [2.24, 2.45) is 0 Å². The summed E-state index contributed by atoms with van der Waals surface area (Å²) in [6, 6.07) is 11.0. The van der Waals surface area contributed by atoms with E-state index in [1.165, 1.54) is 18.3 Å². The molecule has 0 N–H and O–H groups in total. The fourth-order valence-electron chi connectivity index (χ4n) is 1.97. The maximum atomic E-state index is 13.1. The van der Waals surface area contributed by atoms with E-state index < -0.39 is 6.10 Å². The van der Waals surface area contributed by atoms with Gasteiger partial charge in [-0.1, -0.05) is 0 Å². The molecule has 0 radical (unpaired) electrons. The lowest BCUT2D eigenvalue weighted by Gasteiger charge is -2.09. The van der Waals surface area contributed by atoms with Crippen LogP contribution in [-0.4, -0.2) is 22.4 Å². The van der Waals surface area contributed by atoms with Gasteiger partial charge < -0.3 is 9.47 Å². The average molecular weight is 312 g/mol. The molecule has 1 atom stereocenters. The second kappa shape index (κ2) is 6.39. The normalized spacial score (nSPS) is 11.9. The Kier molecular flexibility index (Phi) is 4.14. The van der Waals surface area contributed by atoms with Crippen molar-refractivity contribution in [2.75, 3.05) is 0 Å². The average Bonchev–Trinajstić information content (AvgIpc) is 2.56. The molecule has 0 aliphatic carbocycles. The summed E-state index contributed by atoms with van der Waals surface area (Å²) in [5.41, 5.74) is 1.01. The van der Waals surface area contributed by atoms with Gasteiger partial charge in [-0.15, -0.1) is 0 Å². The molecule has 5 nitrogen and oxygen atoms in total. The van der Waals surface area contributed by atoms with Crippen LogP contribution in [0.1, 0.15) is 6.92 Å². The number of rotatable bonds is 5. The van der Waals surface area contributed by atoms with Crippen LogP contribution in [0.3, 0.4) is 0 Å². The highest BCUT2D eigenvalue weighted by Gasteiger charge is 2.05. The molecule has 116 valence electrons. The molecule has 0 amide bonds. The van der Waals surface area contributed by atoms with Gasteiger partial charge in [0.2, 0.25) is 5.88 Å². The summed E-state index contributed by atoms with van der Waals surface area (Å²) in [5.74, 6) is 1.06. The first-order valence-electron chi connectivity index (χ1n) is 6.96. The predicted octanol–water partition coefficient (Wildman–Crippen LogP) is 3.53. The Morgan fingerprint density at radius 2 is 1.83 bits per heavy atom. The molecule has 2 aromatic carbocycles. The third-order valence-corrected chi connectivity index (χ3v) is 3.04. The van der Waals surface area contributed by atoms with Gasteiger partial charge in [0.05, 0.1) is 17.2 Å². The minimum atomic E-state index is -0.506. The zero-order chi connectivity index (χ0) is 16.2. The molecule has 0 saturated heterocycles. The van der Waals surface area contributed by atoms with Crippen LogP contribution in [0.15, 0.2) is 48.7 Å². The molecule has 0 fully saturated rings. The maximum absolute atomic E-state index is 13.1. The van der Waals surface area contributed by atoms with Crippen LogP contribution in [0.25, 0.3) is 11.0 Å². The Morgan fingerprint density at radius 1 is 1.09 bits per heavy atom. The minimum absolute atomic E-state index is 0.305. The number of nitrogens with zero attached hydrogens (tertiary/aromatic N) is 2. The number of aromatic nitrogens is 2. The van der Waals surface area contributed by atoms with Crippen LogP contribution in [0.5, 0.6) is 17.4 Å². The van der Waals surface area contributed by atoms with Gasteiger partial charge in [0.15, 0.2) is 12.4 Å². The van der Waals surface area contributed by atoms with Crippen molar-refractivity contribution in [3.63, 3.8) is 0 Å².